The zero-order chi connectivity index (χ0) is 15.2. The van der Waals surface area contributed by atoms with Gasteiger partial charge < -0.3 is 10.2 Å². The van der Waals surface area contributed by atoms with E-state index in [0.29, 0.717) is 24.6 Å². The number of amides is 1. The Hall–Kier alpha value is -1.42. The molecule has 1 N–H and O–H groups in total. The molecule has 1 aromatic rings. The first-order valence-electron chi connectivity index (χ1n) is 7.82. The third-order valence-corrected chi connectivity index (χ3v) is 4.27. The van der Waals surface area contributed by atoms with Crippen LogP contribution in [0.25, 0.3) is 0 Å². The number of hydrogen-bond donors (Lipinski definition) is 1. The third-order valence-electron chi connectivity index (χ3n) is 4.27. The molecule has 1 aromatic carbocycles. The van der Waals surface area contributed by atoms with Gasteiger partial charge in [0.2, 0.25) is 5.91 Å². The summed E-state index contributed by atoms with van der Waals surface area (Å²) < 4.78 is 13.2. The van der Waals surface area contributed by atoms with Gasteiger partial charge in [0.15, 0.2) is 0 Å². The van der Waals surface area contributed by atoms with E-state index in [1.165, 1.54) is 18.9 Å². The number of carbonyl (C=O) groups is 1. The number of aryl methyl sites for hydroxylation is 1. The lowest BCUT2D eigenvalue weighted by atomic mass is 10.1. The van der Waals surface area contributed by atoms with Gasteiger partial charge in [0, 0.05) is 19.0 Å². The summed E-state index contributed by atoms with van der Waals surface area (Å²) in [5.74, 6) is -0.132. The highest BCUT2D eigenvalue weighted by Gasteiger charge is 2.18. The summed E-state index contributed by atoms with van der Waals surface area (Å²) in [4.78, 5) is 14.3. The number of benzene rings is 1. The quantitative estimate of drug-likeness (QED) is 0.874. The summed E-state index contributed by atoms with van der Waals surface area (Å²) in [6.45, 7) is 6.73. The lowest BCUT2D eigenvalue weighted by Crippen LogP contribution is -2.32. The van der Waals surface area contributed by atoms with Crippen LogP contribution in [-0.4, -0.2) is 29.9 Å². The molecule has 0 bridgehead atoms. The maximum Gasteiger partial charge on any atom is 0.220 e. The van der Waals surface area contributed by atoms with E-state index in [1.807, 2.05) is 0 Å². The summed E-state index contributed by atoms with van der Waals surface area (Å²) in [5.41, 5.74) is 1.55. The smallest absolute Gasteiger partial charge is 0.220 e. The highest BCUT2D eigenvalue weighted by atomic mass is 19.1. The predicted octanol–water partition coefficient (Wildman–Crippen LogP) is 3.01. The van der Waals surface area contributed by atoms with Gasteiger partial charge in [-0.15, -0.1) is 0 Å². The fourth-order valence-electron chi connectivity index (χ4n) is 2.81. The number of nitrogens with zero attached hydrogens (tertiary/aromatic N) is 1. The molecular formula is C17H25FN2O. The minimum Gasteiger partial charge on any atom is -0.352 e. The number of hydrogen-bond acceptors (Lipinski definition) is 2. The van der Waals surface area contributed by atoms with Crippen LogP contribution in [0.3, 0.4) is 0 Å². The number of halogens is 1. The molecule has 0 radical (unpaired) electrons. The van der Waals surface area contributed by atoms with Crippen molar-refractivity contribution < 1.29 is 9.18 Å². The largest absolute Gasteiger partial charge is 0.352 e. The van der Waals surface area contributed by atoms with E-state index in [1.54, 1.807) is 19.1 Å². The Labute approximate surface area is 126 Å². The molecule has 1 aliphatic heterocycles. The van der Waals surface area contributed by atoms with Gasteiger partial charge in [0.05, 0.1) is 0 Å². The van der Waals surface area contributed by atoms with Gasteiger partial charge in [0.25, 0.3) is 0 Å². The molecule has 4 heteroatoms. The summed E-state index contributed by atoms with van der Waals surface area (Å²) in [6.07, 6.45) is 4.01. The first kappa shape index (κ1) is 16.0. The van der Waals surface area contributed by atoms with E-state index >= 15 is 0 Å². The van der Waals surface area contributed by atoms with Gasteiger partial charge in [0.1, 0.15) is 5.82 Å². The Bertz CT molecular complexity index is 484. The lowest BCUT2D eigenvalue weighted by Gasteiger charge is -2.23. The first-order chi connectivity index (χ1) is 10.1. The van der Waals surface area contributed by atoms with Crippen LogP contribution in [0.4, 0.5) is 4.39 Å². The van der Waals surface area contributed by atoms with E-state index in [2.05, 4.69) is 17.1 Å². The SMILES string of the molecule is Cc1cc(CNC(=O)CC[C@H](C)N2CCCC2)ccc1F. The molecule has 21 heavy (non-hydrogen) atoms. The molecule has 0 saturated carbocycles. The molecule has 3 nitrogen and oxygen atoms in total. The van der Waals surface area contributed by atoms with Crippen LogP contribution in [0.2, 0.25) is 0 Å². The van der Waals surface area contributed by atoms with E-state index in [4.69, 9.17) is 0 Å². The molecule has 1 aliphatic rings. The average molecular weight is 292 g/mol. The molecule has 1 fully saturated rings. The minimum atomic E-state index is -0.204. The predicted molar refractivity (Wildman–Crippen MR) is 82.5 cm³/mol. The molecule has 1 heterocycles. The fraction of sp³-hybridized carbons (Fsp3) is 0.588. The molecule has 1 amide bonds. The van der Waals surface area contributed by atoms with Crippen molar-refractivity contribution in [3.05, 3.63) is 35.1 Å². The van der Waals surface area contributed by atoms with Crippen molar-refractivity contribution in [3.8, 4) is 0 Å². The van der Waals surface area contributed by atoms with E-state index < -0.39 is 0 Å². The van der Waals surface area contributed by atoms with Crippen molar-refractivity contribution in [3.63, 3.8) is 0 Å². The summed E-state index contributed by atoms with van der Waals surface area (Å²) in [7, 11) is 0. The maximum atomic E-state index is 13.2. The molecule has 0 unspecified atom stereocenters. The van der Waals surface area contributed by atoms with E-state index in [9.17, 15) is 9.18 Å². The van der Waals surface area contributed by atoms with Gasteiger partial charge in [-0.05, 0) is 63.4 Å². The van der Waals surface area contributed by atoms with Gasteiger partial charge in [-0.2, -0.15) is 0 Å². The lowest BCUT2D eigenvalue weighted by molar-refractivity contribution is -0.121. The molecule has 0 spiro atoms. The Morgan fingerprint density at radius 1 is 1.38 bits per heavy atom. The average Bonchev–Trinajstić information content (AvgIpc) is 3.00. The Balaban J connectivity index is 1.70. The van der Waals surface area contributed by atoms with E-state index in [0.717, 1.165) is 25.1 Å². The first-order valence-corrected chi connectivity index (χ1v) is 7.82. The normalized spacial score (nSPS) is 16.9. The number of carbonyl (C=O) groups excluding carboxylic acids is 1. The maximum absolute atomic E-state index is 13.2. The van der Waals surface area contributed by atoms with Crippen molar-refractivity contribution in [1.29, 1.82) is 0 Å². The van der Waals surface area contributed by atoms with Crippen molar-refractivity contribution in [1.82, 2.24) is 10.2 Å². The van der Waals surface area contributed by atoms with Crippen molar-refractivity contribution >= 4 is 5.91 Å². The van der Waals surface area contributed by atoms with Crippen molar-refractivity contribution in [2.75, 3.05) is 13.1 Å². The molecule has 0 aliphatic carbocycles. The highest BCUT2D eigenvalue weighted by Crippen LogP contribution is 2.15. The number of rotatable bonds is 6. The molecular weight excluding hydrogens is 267 g/mol. The minimum absolute atomic E-state index is 0.0722. The topological polar surface area (TPSA) is 32.3 Å². The highest BCUT2D eigenvalue weighted by molar-refractivity contribution is 5.75. The summed E-state index contributed by atoms with van der Waals surface area (Å²) in [6, 6.07) is 5.43. The van der Waals surface area contributed by atoms with E-state index in [-0.39, 0.29) is 11.7 Å². The van der Waals surface area contributed by atoms with Gasteiger partial charge in [-0.1, -0.05) is 12.1 Å². The standard InChI is InChI=1S/C17H25FN2O/c1-13-11-15(6-7-16(13)18)12-19-17(21)8-5-14(2)20-9-3-4-10-20/h6-7,11,14H,3-5,8-10,12H2,1-2H3,(H,19,21)/t14-/m0/s1. The molecule has 1 atom stereocenters. The zero-order valence-electron chi connectivity index (χ0n) is 13.0. The summed E-state index contributed by atoms with van der Waals surface area (Å²) >= 11 is 0. The molecule has 2 rings (SSSR count). The Kier molecular flexibility index (Phi) is 5.74. The Morgan fingerprint density at radius 3 is 2.76 bits per heavy atom. The van der Waals surface area contributed by atoms with Gasteiger partial charge in [-0.25, -0.2) is 4.39 Å². The summed E-state index contributed by atoms with van der Waals surface area (Å²) in [5, 5.41) is 2.91. The Morgan fingerprint density at radius 2 is 2.10 bits per heavy atom. The second-order valence-electron chi connectivity index (χ2n) is 5.99. The van der Waals surface area contributed by atoms with Crippen molar-refractivity contribution in [2.24, 2.45) is 0 Å². The van der Waals surface area contributed by atoms with Crippen LogP contribution >= 0.6 is 0 Å². The van der Waals surface area contributed by atoms with Crippen LogP contribution in [-0.2, 0) is 11.3 Å². The van der Waals surface area contributed by atoms with Crippen LogP contribution in [0.15, 0.2) is 18.2 Å². The second kappa shape index (κ2) is 7.55. The monoisotopic (exact) mass is 292 g/mol. The fourth-order valence-corrected chi connectivity index (χ4v) is 2.81. The second-order valence-corrected chi connectivity index (χ2v) is 5.99. The van der Waals surface area contributed by atoms with Crippen LogP contribution in [0.5, 0.6) is 0 Å². The molecule has 0 aromatic heterocycles. The van der Waals surface area contributed by atoms with Gasteiger partial charge in [-0.3, -0.25) is 4.79 Å². The molecule has 116 valence electrons. The zero-order valence-corrected chi connectivity index (χ0v) is 13.0. The number of nitrogens with one attached hydrogen (secondary N) is 1. The third kappa shape index (κ3) is 4.81. The van der Waals surface area contributed by atoms with Crippen molar-refractivity contribution in [2.45, 2.75) is 52.1 Å². The number of likely N-dealkylation sites (tertiary alicyclic amines) is 1. The van der Waals surface area contributed by atoms with Crippen LogP contribution < -0.4 is 5.32 Å². The van der Waals surface area contributed by atoms with Gasteiger partial charge >= 0.3 is 0 Å². The van der Waals surface area contributed by atoms with Crippen LogP contribution in [0.1, 0.15) is 43.7 Å². The molecule has 1 saturated heterocycles. The van der Waals surface area contributed by atoms with Crippen LogP contribution in [0, 0.1) is 12.7 Å².